The minimum Gasteiger partial charge on any atom is -0.487 e. The summed E-state index contributed by atoms with van der Waals surface area (Å²) in [5, 5.41) is 9.74. The Balaban J connectivity index is 1.11. The number of benzene rings is 2. The van der Waals surface area contributed by atoms with Crippen LogP contribution >= 0.6 is 11.6 Å². The van der Waals surface area contributed by atoms with Gasteiger partial charge in [-0.1, -0.05) is 23.7 Å². The molecule has 1 N–H and O–H groups in total. The summed E-state index contributed by atoms with van der Waals surface area (Å²) in [6.07, 6.45) is 2.53. The third-order valence-corrected chi connectivity index (χ3v) is 7.90. The Morgan fingerprint density at radius 3 is 2.56 bits per heavy atom. The minimum atomic E-state index is -1.08. The molecule has 2 aromatic carbocycles. The zero-order chi connectivity index (χ0) is 28.5. The molecular formula is C30H29ClF2N4O4. The molecule has 0 bridgehead atoms. The molecule has 4 heterocycles. The van der Waals surface area contributed by atoms with E-state index in [2.05, 4.69) is 9.88 Å². The number of rotatable bonds is 9. The third-order valence-electron chi connectivity index (χ3n) is 7.67. The Kier molecular flexibility index (Phi) is 7.88. The van der Waals surface area contributed by atoms with Crippen LogP contribution in [0.15, 0.2) is 48.5 Å². The maximum atomic E-state index is 14.6. The monoisotopic (exact) mass is 582 g/mol. The van der Waals surface area contributed by atoms with Crippen molar-refractivity contribution in [1.82, 2.24) is 19.4 Å². The number of carboxylic acids is 1. The van der Waals surface area contributed by atoms with E-state index in [9.17, 15) is 18.7 Å². The summed E-state index contributed by atoms with van der Waals surface area (Å²) in [6.45, 7) is 3.29. The van der Waals surface area contributed by atoms with Gasteiger partial charge in [0.1, 0.15) is 23.3 Å². The first-order valence-electron chi connectivity index (χ1n) is 13.6. The zero-order valence-corrected chi connectivity index (χ0v) is 23.0. The SMILES string of the molecule is O=C(O)c1ccc2nc(CN3CCC(Oc4cc(Cc5ccc(Cl)cc5F)ccc4F)CC3)n(C[C@@H]3CCO3)c2n1. The fraction of sp³-hybridized carbons (Fsp3) is 0.367. The summed E-state index contributed by atoms with van der Waals surface area (Å²) in [5.74, 6) is -0.963. The van der Waals surface area contributed by atoms with Crippen molar-refractivity contribution in [1.29, 1.82) is 0 Å². The van der Waals surface area contributed by atoms with E-state index in [1.807, 2.05) is 4.57 Å². The topological polar surface area (TPSA) is 89.7 Å². The molecule has 2 aliphatic heterocycles. The molecule has 41 heavy (non-hydrogen) atoms. The average Bonchev–Trinajstić information content (AvgIpc) is 3.26. The van der Waals surface area contributed by atoms with Gasteiger partial charge in [0.25, 0.3) is 0 Å². The van der Waals surface area contributed by atoms with Crippen LogP contribution in [-0.2, 0) is 24.2 Å². The first kappa shape index (κ1) is 27.6. The van der Waals surface area contributed by atoms with Crippen molar-refractivity contribution in [2.45, 2.75) is 51.0 Å². The van der Waals surface area contributed by atoms with E-state index < -0.39 is 17.6 Å². The van der Waals surface area contributed by atoms with Crippen LogP contribution in [0.3, 0.4) is 0 Å². The van der Waals surface area contributed by atoms with Gasteiger partial charge < -0.3 is 19.1 Å². The molecule has 6 rings (SSSR count). The van der Waals surface area contributed by atoms with E-state index >= 15 is 0 Å². The number of pyridine rings is 1. The van der Waals surface area contributed by atoms with Crippen LogP contribution in [0.2, 0.25) is 5.02 Å². The maximum Gasteiger partial charge on any atom is 0.354 e. The number of piperidine rings is 1. The molecule has 2 aromatic heterocycles. The van der Waals surface area contributed by atoms with Crippen molar-refractivity contribution in [3.05, 3.63) is 87.8 Å². The number of hydrogen-bond donors (Lipinski definition) is 1. The molecule has 0 amide bonds. The second-order valence-corrected chi connectivity index (χ2v) is 11.0. The van der Waals surface area contributed by atoms with Crippen LogP contribution in [0, 0.1) is 11.6 Å². The second kappa shape index (κ2) is 11.7. The maximum absolute atomic E-state index is 14.6. The fourth-order valence-corrected chi connectivity index (χ4v) is 5.47. The molecule has 0 saturated carbocycles. The van der Waals surface area contributed by atoms with Crippen molar-refractivity contribution in [3.63, 3.8) is 0 Å². The van der Waals surface area contributed by atoms with Crippen LogP contribution in [0.25, 0.3) is 11.2 Å². The highest BCUT2D eigenvalue weighted by Crippen LogP contribution is 2.27. The molecule has 2 fully saturated rings. The summed E-state index contributed by atoms with van der Waals surface area (Å²) < 4.78 is 42.6. The summed E-state index contributed by atoms with van der Waals surface area (Å²) in [7, 11) is 0. The molecule has 11 heteroatoms. The largest absolute Gasteiger partial charge is 0.487 e. The van der Waals surface area contributed by atoms with Gasteiger partial charge in [0.15, 0.2) is 22.9 Å². The highest BCUT2D eigenvalue weighted by molar-refractivity contribution is 6.30. The van der Waals surface area contributed by atoms with E-state index in [0.29, 0.717) is 54.1 Å². The second-order valence-electron chi connectivity index (χ2n) is 10.5. The summed E-state index contributed by atoms with van der Waals surface area (Å²) in [4.78, 5) is 22.9. The zero-order valence-electron chi connectivity index (χ0n) is 22.2. The number of ether oxygens (including phenoxy) is 2. The van der Waals surface area contributed by atoms with Gasteiger partial charge in [-0.05, 0) is 66.8 Å². The number of aromatic carboxylic acids is 1. The van der Waals surface area contributed by atoms with Gasteiger partial charge in [-0.3, -0.25) is 4.90 Å². The highest BCUT2D eigenvalue weighted by atomic mass is 35.5. The lowest BCUT2D eigenvalue weighted by atomic mass is 10.0. The van der Waals surface area contributed by atoms with Crippen molar-refractivity contribution >= 4 is 28.7 Å². The predicted octanol–water partition coefficient (Wildman–Crippen LogP) is 5.48. The Hall–Kier alpha value is -3.60. The van der Waals surface area contributed by atoms with Crippen molar-refractivity contribution < 1.29 is 28.2 Å². The van der Waals surface area contributed by atoms with Gasteiger partial charge in [0, 0.05) is 31.1 Å². The van der Waals surface area contributed by atoms with Gasteiger partial charge in [-0.25, -0.2) is 23.5 Å². The molecule has 2 saturated heterocycles. The Labute approximate surface area is 240 Å². The van der Waals surface area contributed by atoms with Crippen LogP contribution < -0.4 is 4.74 Å². The van der Waals surface area contributed by atoms with E-state index in [-0.39, 0.29) is 23.7 Å². The number of likely N-dealkylation sites (tertiary alicyclic amines) is 1. The first-order chi connectivity index (χ1) is 19.8. The summed E-state index contributed by atoms with van der Waals surface area (Å²) >= 11 is 5.86. The number of halogens is 3. The van der Waals surface area contributed by atoms with Crippen molar-refractivity contribution in [3.8, 4) is 5.75 Å². The van der Waals surface area contributed by atoms with Gasteiger partial charge in [-0.15, -0.1) is 0 Å². The molecule has 0 aliphatic carbocycles. The molecule has 8 nitrogen and oxygen atoms in total. The standard InChI is InChI=1S/C30H29ClF2N4O4/c31-20-3-2-19(24(33)15-20)13-18-1-4-23(32)27(14-18)41-21-7-10-36(11-8-21)17-28-34-25-5-6-26(30(38)39)35-29(25)37(28)16-22-9-12-40-22/h1-6,14-15,21-22H,7-13,16-17H2,(H,38,39)/t22-/m0/s1. The van der Waals surface area contributed by atoms with Crippen LogP contribution in [0.5, 0.6) is 5.75 Å². The number of aromatic nitrogens is 3. The van der Waals surface area contributed by atoms with Crippen LogP contribution in [-0.4, -0.2) is 62.4 Å². The minimum absolute atomic E-state index is 0.0210. The lowest BCUT2D eigenvalue weighted by molar-refractivity contribution is -0.0593. The van der Waals surface area contributed by atoms with E-state index in [1.165, 1.54) is 18.2 Å². The quantitative estimate of drug-likeness (QED) is 0.279. The third kappa shape index (κ3) is 6.19. The average molecular weight is 583 g/mol. The molecule has 0 unspecified atom stereocenters. The lowest BCUT2D eigenvalue weighted by Crippen LogP contribution is -2.39. The predicted molar refractivity (Wildman–Crippen MR) is 148 cm³/mol. The van der Waals surface area contributed by atoms with E-state index in [0.717, 1.165) is 37.5 Å². The lowest BCUT2D eigenvalue weighted by Gasteiger charge is -2.32. The van der Waals surface area contributed by atoms with Crippen LogP contribution in [0.4, 0.5) is 8.78 Å². The molecule has 214 valence electrons. The van der Waals surface area contributed by atoms with E-state index in [1.54, 1.807) is 30.3 Å². The normalized spacial score (nSPS) is 18.0. The van der Waals surface area contributed by atoms with E-state index in [4.69, 9.17) is 26.1 Å². The highest BCUT2D eigenvalue weighted by Gasteiger charge is 2.26. The molecule has 1 atom stereocenters. The first-order valence-corrected chi connectivity index (χ1v) is 14.0. The number of hydrogen-bond acceptors (Lipinski definition) is 6. The molecule has 0 radical (unpaired) electrons. The smallest absolute Gasteiger partial charge is 0.354 e. The molecule has 0 spiro atoms. The number of imidazole rings is 1. The summed E-state index contributed by atoms with van der Waals surface area (Å²) in [5.41, 5.74) is 2.39. The van der Waals surface area contributed by atoms with Gasteiger partial charge in [0.2, 0.25) is 0 Å². The number of carbonyl (C=O) groups is 1. The number of carboxylic acid groups (broad SMARTS) is 1. The Morgan fingerprint density at radius 1 is 1.05 bits per heavy atom. The fourth-order valence-electron chi connectivity index (χ4n) is 5.31. The Bertz CT molecular complexity index is 1580. The summed E-state index contributed by atoms with van der Waals surface area (Å²) in [6, 6.07) is 12.3. The van der Waals surface area contributed by atoms with Gasteiger partial charge in [0.05, 0.1) is 19.2 Å². The number of fused-ring (bicyclic) bond motifs is 1. The molecule has 4 aromatic rings. The Morgan fingerprint density at radius 2 is 1.85 bits per heavy atom. The van der Waals surface area contributed by atoms with Gasteiger partial charge >= 0.3 is 5.97 Å². The number of nitrogens with zero attached hydrogens (tertiary/aromatic N) is 4. The van der Waals surface area contributed by atoms with Gasteiger partial charge in [-0.2, -0.15) is 0 Å². The van der Waals surface area contributed by atoms with Crippen molar-refractivity contribution in [2.24, 2.45) is 0 Å². The molecular weight excluding hydrogens is 554 g/mol. The van der Waals surface area contributed by atoms with Crippen LogP contribution in [0.1, 0.15) is 46.7 Å². The molecule has 2 aliphatic rings. The van der Waals surface area contributed by atoms with Crippen molar-refractivity contribution in [2.75, 3.05) is 19.7 Å².